The lowest BCUT2D eigenvalue weighted by Gasteiger charge is -2.25. The highest BCUT2D eigenvalue weighted by Crippen LogP contribution is 2.31. The van der Waals surface area contributed by atoms with Gasteiger partial charge in [0, 0.05) is 17.7 Å². The Labute approximate surface area is 152 Å². The molecule has 136 valence electrons. The summed E-state index contributed by atoms with van der Waals surface area (Å²) in [6.07, 6.45) is -0.910. The van der Waals surface area contributed by atoms with Crippen LogP contribution in [0.4, 0.5) is 5.69 Å². The normalized spacial score (nSPS) is 12.1. The van der Waals surface area contributed by atoms with E-state index in [1.165, 1.54) is 18.2 Å². The Kier molecular flexibility index (Phi) is 5.77. The number of hydrogen-bond acceptors (Lipinski definition) is 5. The Hall–Kier alpha value is -3.15. The molecule has 26 heavy (non-hydrogen) atoms. The third-order valence-electron chi connectivity index (χ3n) is 3.36. The van der Waals surface area contributed by atoms with E-state index in [0.717, 1.165) is 0 Å². The fourth-order valence-electron chi connectivity index (χ4n) is 2.23. The third kappa shape index (κ3) is 5.17. The second-order valence-electron chi connectivity index (χ2n) is 6.69. The van der Waals surface area contributed by atoms with Crippen molar-refractivity contribution in [2.24, 2.45) is 0 Å². The molecule has 0 aromatic heterocycles. The van der Waals surface area contributed by atoms with Gasteiger partial charge >= 0.3 is 5.97 Å². The van der Waals surface area contributed by atoms with Gasteiger partial charge in [-0.15, -0.1) is 0 Å². The fraction of sp³-hybridized carbons (Fsp3) is 0.250. The van der Waals surface area contributed by atoms with Gasteiger partial charge in [0.25, 0.3) is 5.69 Å². The minimum Gasteiger partial charge on any atom is -0.481 e. The number of para-hydroxylation sites is 1. The van der Waals surface area contributed by atoms with Crippen LogP contribution in [0, 0.1) is 10.1 Å². The lowest BCUT2D eigenvalue weighted by atomic mass is 10.0. The average molecular weight is 355 g/mol. The second kappa shape index (κ2) is 7.82. The molecule has 0 aliphatic rings. The van der Waals surface area contributed by atoms with Gasteiger partial charge in [0.15, 0.2) is 6.10 Å². The number of nitro benzene ring substituents is 1. The van der Waals surface area contributed by atoms with Crippen molar-refractivity contribution >= 4 is 11.7 Å². The van der Waals surface area contributed by atoms with Gasteiger partial charge in [-0.2, -0.15) is 0 Å². The molecule has 0 aliphatic carbocycles. The third-order valence-corrected chi connectivity index (χ3v) is 3.36. The summed E-state index contributed by atoms with van der Waals surface area (Å²) in [5, 5.41) is 11.1. The summed E-state index contributed by atoms with van der Waals surface area (Å²) in [7, 11) is 0. The molecule has 6 nitrogen and oxygen atoms in total. The van der Waals surface area contributed by atoms with Crippen LogP contribution in [-0.2, 0) is 9.53 Å². The van der Waals surface area contributed by atoms with E-state index in [9.17, 15) is 14.9 Å². The highest BCUT2D eigenvalue weighted by molar-refractivity contribution is 5.89. The lowest BCUT2D eigenvalue weighted by molar-refractivity contribution is -0.385. The van der Waals surface area contributed by atoms with E-state index >= 15 is 0 Å². The number of nitrogens with zero attached hydrogens (tertiary/aromatic N) is 1. The summed E-state index contributed by atoms with van der Waals surface area (Å²) in [6.45, 7) is 9.06. The van der Waals surface area contributed by atoms with Gasteiger partial charge in [-0.3, -0.25) is 10.1 Å². The Morgan fingerprint density at radius 1 is 1.12 bits per heavy atom. The van der Waals surface area contributed by atoms with Gasteiger partial charge in [0.05, 0.1) is 10.5 Å². The molecule has 6 heteroatoms. The number of rotatable bonds is 6. The molecule has 1 atom stereocenters. The van der Waals surface area contributed by atoms with Crippen molar-refractivity contribution in [1.29, 1.82) is 0 Å². The minimum absolute atomic E-state index is 0.0595. The van der Waals surface area contributed by atoms with Crippen molar-refractivity contribution in [3.05, 3.63) is 82.4 Å². The molecule has 0 aliphatic heterocycles. The number of non-ortho nitro benzene ring substituents is 1. The van der Waals surface area contributed by atoms with Gasteiger partial charge in [-0.25, -0.2) is 4.79 Å². The lowest BCUT2D eigenvalue weighted by Crippen LogP contribution is -2.27. The number of hydrogen-bond donors (Lipinski definition) is 0. The van der Waals surface area contributed by atoms with Crippen molar-refractivity contribution < 1.29 is 19.2 Å². The molecule has 0 radical (unpaired) electrons. The average Bonchev–Trinajstić information content (AvgIpc) is 2.58. The van der Waals surface area contributed by atoms with Crippen molar-refractivity contribution in [1.82, 2.24) is 0 Å². The summed E-state index contributed by atoms with van der Waals surface area (Å²) >= 11 is 0. The summed E-state index contributed by atoms with van der Waals surface area (Å²) < 4.78 is 11.3. The molecular formula is C20H21NO5. The van der Waals surface area contributed by atoms with Crippen molar-refractivity contribution in [2.45, 2.75) is 32.5 Å². The Morgan fingerprint density at radius 2 is 1.77 bits per heavy atom. The molecule has 1 unspecified atom stereocenters. The first-order valence-corrected chi connectivity index (χ1v) is 8.05. The second-order valence-corrected chi connectivity index (χ2v) is 6.69. The molecule has 0 amide bonds. The number of benzene rings is 2. The van der Waals surface area contributed by atoms with Gasteiger partial charge < -0.3 is 9.47 Å². The zero-order valence-electron chi connectivity index (χ0n) is 15.0. The Morgan fingerprint density at radius 3 is 2.35 bits per heavy atom. The zero-order valence-corrected chi connectivity index (χ0v) is 15.0. The quantitative estimate of drug-likeness (QED) is 0.327. The van der Waals surface area contributed by atoms with E-state index in [4.69, 9.17) is 9.47 Å². The molecular weight excluding hydrogens is 334 g/mol. The van der Waals surface area contributed by atoms with Crippen molar-refractivity contribution in [3.8, 4) is 5.75 Å². The molecule has 0 saturated heterocycles. The van der Waals surface area contributed by atoms with Gasteiger partial charge in [-0.1, -0.05) is 36.9 Å². The molecule has 2 aromatic rings. The molecule has 2 aromatic carbocycles. The van der Waals surface area contributed by atoms with Crippen LogP contribution in [-0.4, -0.2) is 16.5 Å². The van der Waals surface area contributed by atoms with Crippen LogP contribution in [0.15, 0.2) is 66.7 Å². The zero-order chi connectivity index (χ0) is 19.3. The first kappa shape index (κ1) is 19.2. The van der Waals surface area contributed by atoms with E-state index in [1.807, 2.05) is 6.07 Å². The first-order valence-electron chi connectivity index (χ1n) is 8.05. The van der Waals surface area contributed by atoms with Gasteiger partial charge in [0.1, 0.15) is 11.4 Å². The standard InChI is InChI=1S/C20H21NO5/c1-14(19(22)26-20(2,3)4)18(25-17-11-6-5-7-12-17)15-9-8-10-16(13-15)21(23)24/h5-13,18H,1H2,2-4H3. The molecule has 0 N–H and O–H groups in total. The topological polar surface area (TPSA) is 78.7 Å². The molecule has 0 bridgehead atoms. The van der Waals surface area contributed by atoms with Crippen molar-refractivity contribution in [2.75, 3.05) is 0 Å². The predicted octanol–water partition coefficient (Wildman–Crippen LogP) is 4.61. The summed E-state index contributed by atoms with van der Waals surface area (Å²) in [4.78, 5) is 23.0. The number of ether oxygens (including phenoxy) is 2. The van der Waals surface area contributed by atoms with Crippen LogP contribution >= 0.6 is 0 Å². The van der Waals surface area contributed by atoms with Crippen LogP contribution in [0.2, 0.25) is 0 Å². The molecule has 2 rings (SSSR count). The highest BCUT2D eigenvalue weighted by Gasteiger charge is 2.28. The summed E-state index contributed by atoms with van der Waals surface area (Å²) in [6, 6.07) is 14.8. The van der Waals surface area contributed by atoms with E-state index in [1.54, 1.807) is 51.1 Å². The largest absolute Gasteiger partial charge is 0.481 e. The molecule has 0 heterocycles. The number of esters is 1. The van der Waals surface area contributed by atoms with Crippen LogP contribution in [0.3, 0.4) is 0 Å². The first-order chi connectivity index (χ1) is 12.2. The smallest absolute Gasteiger partial charge is 0.338 e. The maximum Gasteiger partial charge on any atom is 0.338 e. The van der Waals surface area contributed by atoms with E-state index in [2.05, 4.69) is 6.58 Å². The van der Waals surface area contributed by atoms with Crippen LogP contribution in [0.1, 0.15) is 32.4 Å². The maximum absolute atomic E-state index is 12.4. The van der Waals surface area contributed by atoms with Crippen LogP contribution in [0.25, 0.3) is 0 Å². The number of carbonyl (C=O) groups is 1. The number of nitro groups is 1. The summed E-state index contributed by atoms with van der Waals surface area (Å²) in [5.74, 6) is -0.112. The van der Waals surface area contributed by atoms with Crippen LogP contribution in [0.5, 0.6) is 5.75 Å². The monoisotopic (exact) mass is 355 g/mol. The molecule has 0 saturated carbocycles. The van der Waals surface area contributed by atoms with Crippen molar-refractivity contribution in [3.63, 3.8) is 0 Å². The van der Waals surface area contributed by atoms with Gasteiger partial charge in [0.2, 0.25) is 0 Å². The predicted molar refractivity (Wildman–Crippen MR) is 97.9 cm³/mol. The van der Waals surface area contributed by atoms with E-state index < -0.39 is 22.6 Å². The van der Waals surface area contributed by atoms with Crippen LogP contribution < -0.4 is 4.74 Å². The number of carbonyl (C=O) groups excluding carboxylic acids is 1. The SMILES string of the molecule is C=C(C(=O)OC(C)(C)C)C(Oc1ccccc1)c1cccc([N+](=O)[O-])c1. The molecule has 0 spiro atoms. The minimum atomic E-state index is -0.910. The maximum atomic E-state index is 12.4. The summed E-state index contributed by atoms with van der Waals surface area (Å²) in [5.41, 5.74) is -0.288. The fourth-order valence-corrected chi connectivity index (χ4v) is 2.23. The molecule has 0 fully saturated rings. The van der Waals surface area contributed by atoms with Gasteiger partial charge in [-0.05, 0) is 32.9 Å². The highest BCUT2D eigenvalue weighted by atomic mass is 16.6. The van der Waals surface area contributed by atoms with E-state index in [-0.39, 0.29) is 11.3 Å². The Bertz CT molecular complexity index is 808. The van der Waals surface area contributed by atoms with E-state index in [0.29, 0.717) is 11.3 Å². The Balaban J connectivity index is 2.38.